The number of nitrogens with one attached hydrogen (secondary N) is 2. The first kappa shape index (κ1) is 16.5. The van der Waals surface area contributed by atoms with Crippen molar-refractivity contribution >= 4 is 28.4 Å². The van der Waals surface area contributed by atoms with Crippen molar-refractivity contribution < 1.29 is 4.79 Å². The van der Waals surface area contributed by atoms with E-state index < -0.39 is 0 Å². The number of aromatic amines is 1. The van der Waals surface area contributed by atoms with Gasteiger partial charge in [0.1, 0.15) is 0 Å². The second kappa shape index (κ2) is 7.03. The summed E-state index contributed by atoms with van der Waals surface area (Å²) < 4.78 is 0. The molecule has 0 fully saturated rings. The lowest BCUT2D eigenvalue weighted by Gasteiger charge is -2.25. The average molecular weight is 343 g/mol. The van der Waals surface area contributed by atoms with E-state index in [2.05, 4.69) is 15.5 Å². The summed E-state index contributed by atoms with van der Waals surface area (Å²) in [5.74, 6) is -0.202. The lowest BCUT2D eigenvalue weighted by Crippen LogP contribution is -2.35. The molecule has 6 heteroatoms. The van der Waals surface area contributed by atoms with E-state index in [0.717, 1.165) is 16.5 Å². The molecule has 1 amide bonds. The molecule has 1 heterocycles. The zero-order valence-corrected chi connectivity index (χ0v) is 14.3. The summed E-state index contributed by atoms with van der Waals surface area (Å²) in [5, 5.41) is 11.5. The Morgan fingerprint density at radius 3 is 2.67 bits per heavy atom. The van der Waals surface area contributed by atoms with Gasteiger partial charge in [0, 0.05) is 17.0 Å². The fourth-order valence-corrected chi connectivity index (χ4v) is 2.99. The zero-order chi connectivity index (χ0) is 17.1. The van der Waals surface area contributed by atoms with Gasteiger partial charge in [-0.1, -0.05) is 48.0 Å². The minimum Gasteiger partial charge on any atom is -0.349 e. The standard InChI is InChI=1S/C18H19ClN4O/c1-23(2)16(12-7-3-5-9-14(12)19)11-20-18(24)17-13-8-4-6-10-15(13)21-22-17/h3-10,16H,11H2,1-2H3,(H,20,24)(H,21,22). The van der Waals surface area contributed by atoms with Gasteiger partial charge >= 0.3 is 0 Å². The maximum absolute atomic E-state index is 12.5. The van der Waals surface area contributed by atoms with Crippen LogP contribution in [0.4, 0.5) is 0 Å². The quantitative estimate of drug-likeness (QED) is 0.748. The summed E-state index contributed by atoms with van der Waals surface area (Å²) in [4.78, 5) is 14.5. The van der Waals surface area contributed by atoms with Crippen molar-refractivity contribution in [3.05, 3.63) is 64.8 Å². The van der Waals surface area contributed by atoms with Gasteiger partial charge in [-0.05, 0) is 31.8 Å². The Morgan fingerprint density at radius 1 is 1.21 bits per heavy atom. The highest BCUT2D eigenvalue weighted by atomic mass is 35.5. The van der Waals surface area contributed by atoms with Crippen molar-refractivity contribution in [1.82, 2.24) is 20.4 Å². The van der Waals surface area contributed by atoms with Crippen LogP contribution in [0.3, 0.4) is 0 Å². The first-order chi connectivity index (χ1) is 11.6. The number of benzene rings is 2. The van der Waals surface area contributed by atoms with Gasteiger partial charge < -0.3 is 10.2 Å². The molecule has 0 saturated carbocycles. The number of para-hydroxylation sites is 1. The number of rotatable bonds is 5. The number of halogens is 1. The van der Waals surface area contributed by atoms with Crippen LogP contribution in [-0.2, 0) is 0 Å². The van der Waals surface area contributed by atoms with Crippen molar-refractivity contribution in [1.29, 1.82) is 0 Å². The van der Waals surface area contributed by atoms with Crippen LogP contribution >= 0.6 is 11.6 Å². The maximum Gasteiger partial charge on any atom is 0.272 e. The number of likely N-dealkylation sites (N-methyl/N-ethyl adjacent to an activating group) is 1. The number of carbonyl (C=O) groups excluding carboxylic acids is 1. The SMILES string of the molecule is CN(C)C(CNC(=O)c1n[nH]c2ccccc12)c1ccccc1Cl. The van der Waals surface area contributed by atoms with E-state index in [0.29, 0.717) is 17.3 Å². The van der Waals surface area contributed by atoms with Gasteiger partial charge in [0.05, 0.1) is 11.6 Å². The largest absolute Gasteiger partial charge is 0.349 e. The van der Waals surface area contributed by atoms with Gasteiger partial charge in [-0.25, -0.2) is 0 Å². The fourth-order valence-electron chi connectivity index (χ4n) is 2.73. The van der Waals surface area contributed by atoms with E-state index in [1.165, 1.54) is 0 Å². The summed E-state index contributed by atoms with van der Waals surface area (Å²) in [6.45, 7) is 0.441. The third-order valence-corrected chi connectivity index (χ3v) is 4.37. The summed E-state index contributed by atoms with van der Waals surface area (Å²) in [5.41, 5.74) is 2.23. The second-order valence-electron chi connectivity index (χ2n) is 5.83. The van der Waals surface area contributed by atoms with E-state index in [9.17, 15) is 4.79 Å². The number of amides is 1. The molecule has 124 valence electrons. The molecular formula is C18H19ClN4O. The van der Waals surface area contributed by atoms with Crippen LogP contribution in [-0.4, -0.2) is 41.6 Å². The molecule has 24 heavy (non-hydrogen) atoms. The molecule has 1 aromatic heterocycles. The molecule has 0 spiro atoms. The monoisotopic (exact) mass is 342 g/mol. The molecule has 0 saturated heterocycles. The smallest absolute Gasteiger partial charge is 0.272 e. The third-order valence-electron chi connectivity index (χ3n) is 4.03. The summed E-state index contributed by atoms with van der Waals surface area (Å²) in [6, 6.07) is 15.2. The topological polar surface area (TPSA) is 61.0 Å². The van der Waals surface area contributed by atoms with E-state index >= 15 is 0 Å². The van der Waals surface area contributed by atoms with Crippen LogP contribution in [0, 0.1) is 0 Å². The van der Waals surface area contributed by atoms with Crippen LogP contribution in [0.1, 0.15) is 22.1 Å². The molecule has 3 aromatic rings. The van der Waals surface area contributed by atoms with Gasteiger partial charge in [0.2, 0.25) is 0 Å². The highest BCUT2D eigenvalue weighted by molar-refractivity contribution is 6.31. The van der Waals surface area contributed by atoms with Crippen LogP contribution in [0.5, 0.6) is 0 Å². The number of fused-ring (bicyclic) bond motifs is 1. The van der Waals surface area contributed by atoms with E-state index in [1.807, 2.05) is 67.5 Å². The van der Waals surface area contributed by atoms with Crippen molar-refractivity contribution in [3.63, 3.8) is 0 Å². The van der Waals surface area contributed by atoms with Gasteiger partial charge in [-0.15, -0.1) is 0 Å². The third kappa shape index (κ3) is 3.27. The number of hydrogen-bond acceptors (Lipinski definition) is 3. The normalized spacial score (nSPS) is 12.5. The number of aromatic nitrogens is 2. The Bertz CT molecular complexity index is 859. The predicted molar refractivity (Wildman–Crippen MR) is 96.3 cm³/mol. The lowest BCUT2D eigenvalue weighted by molar-refractivity contribution is 0.0938. The van der Waals surface area contributed by atoms with Crippen molar-refractivity contribution in [2.75, 3.05) is 20.6 Å². The number of hydrogen-bond donors (Lipinski definition) is 2. The molecule has 1 unspecified atom stereocenters. The molecule has 0 aliphatic rings. The molecule has 0 aliphatic heterocycles. The zero-order valence-electron chi connectivity index (χ0n) is 13.6. The molecule has 1 atom stereocenters. The Kier molecular flexibility index (Phi) is 4.83. The van der Waals surface area contributed by atoms with E-state index in [1.54, 1.807) is 0 Å². The highest BCUT2D eigenvalue weighted by Crippen LogP contribution is 2.25. The number of carbonyl (C=O) groups is 1. The average Bonchev–Trinajstić information content (AvgIpc) is 3.00. The minimum absolute atomic E-state index is 0.0205. The van der Waals surface area contributed by atoms with Gasteiger partial charge in [0.25, 0.3) is 5.91 Å². The predicted octanol–water partition coefficient (Wildman–Crippen LogP) is 3.25. The fraction of sp³-hybridized carbons (Fsp3) is 0.222. The van der Waals surface area contributed by atoms with Crippen LogP contribution in [0.15, 0.2) is 48.5 Å². The Balaban J connectivity index is 1.78. The van der Waals surface area contributed by atoms with Crippen molar-refractivity contribution in [3.8, 4) is 0 Å². The van der Waals surface area contributed by atoms with Crippen LogP contribution in [0.25, 0.3) is 10.9 Å². The van der Waals surface area contributed by atoms with Gasteiger partial charge in [-0.3, -0.25) is 9.89 Å². The molecule has 5 nitrogen and oxygen atoms in total. The Labute approximate surface area is 145 Å². The van der Waals surface area contributed by atoms with Crippen LogP contribution in [0.2, 0.25) is 5.02 Å². The number of nitrogens with zero attached hydrogens (tertiary/aromatic N) is 2. The Hall–Kier alpha value is -2.37. The molecule has 2 N–H and O–H groups in total. The molecule has 0 radical (unpaired) electrons. The van der Waals surface area contributed by atoms with E-state index in [-0.39, 0.29) is 11.9 Å². The van der Waals surface area contributed by atoms with Crippen molar-refractivity contribution in [2.24, 2.45) is 0 Å². The van der Waals surface area contributed by atoms with Crippen molar-refractivity contribution in [2.45, 2.75) is 6.04 Å². The minimum atomic E-state index is -0.202. The van der Waals surface area contributed by atoms with Gasteiger partial charge in [-0.2, -0.15) is 5.10 Å². The first-order valence-electron chi connectivity index (χ1n) is 7.70. The number of H-pyrrole nitrogens is 1. The molecule has 3 rings (SSSR count). The Morgan fingerprint density at radius 2 is 1.92 bits per heavy atom. The maximum atomic E-state index is 12.5. The molecule has 2 aromatic carbocycles. The lowest BCUT2D eigenvalue weighted by atomic mass is 10.1. The second-order valence-corrected chi connectivity index (χ2v) is 6.24. The summed E-state index contributed by atoms with van der Waals surface area (Å²) >= 11 is 6.30. The summed E-state index contributed by atoms with van der Waals surface area (Å²) in [7, 11) is 3.92. The molecule has 0 aliphatic carbocycles. The van der Waals surface area contributed by atoms with Gasteiger partial charge in [0.15, 0.2) is 5.69 Å². The molecular weight excluding hydrogens is 324 g/mol. The molecule has 0 bridgehead atoms. The summed E-state index contributed by atoms with van der Waals surface area (Å²) in [6.07, 6.45) is 0. The van der Waals surface area contributed by atoms with E-state index in [4.69, 9.17) is 11.6 Å². The van der Waals surface area contributed by atoms with Crippen LogP contribution < -0.4 is 5.32 Å². The highest BCUT2D eigenvalue weighted by Gasteiger charge is 2.20. The first-order valence-corrected chi connectivity index (χ1v) is 8.08.